The average molecular weight is 445 g/mol. The molecule has 4 rings (SSSR count). The van der Waals surface area contributed by atoms with Crippen molar-refractivity contribution in [1.82, 2.24) is 4.98 Å². The van der Waals surface area contributed by atoms with Gasteiger partial charge in [0.25, 0.3) is 0 Å². The second-order valence-corrected chi connectivity index (χ2v) is 7.87. The molecular formula is C28H32N2O3. The van der Waals surface area contributed by atoms with Crippen LogP contribution in [-0.4, -0.2) is 24.7 Å². The van der Waals surface area contributed by atoms with Gasteiger partial charge < -0.3 is 24.9 Å². The Morgan fingerprint density at radius 3 is 2.33 bits per heavy atom. The van der Waals surface area contributed by atoms with Gasteiger partial charge in [-0.1, -0.05) is 18.2 Å². The van der Waals surface area contributed by atoms with E-state index in [4.69, 9.17) is 19.9 Å². The Morgan fingerprint density at radius 2 is 1.58 bits per heavy atom. The third-order valence-corrected chi connectivity index (χ3v) is 5.57. The van der Waals surface area contributed by atoms with Gasteiger partial charge in [0.2, 0.25) is 0 Å². The van der Waals surface area contributed by atoms with Crippen LogP contribution in [0, 0.1) is 0 Å². The number of rotatable bonds is 11. The van der Waals surface area contributed by atoms with Crippen LogP contribution in [0.4, 0.5) is 0 Å². The lowest BCUT2D eigenvalue weighted by Crippen LogP contribution is -2.00. The van der Waals surface area contributed by atoms with Gasteiger partial charge in [-0.05, 0) is 93.7 Å². The van der Waals surface area contributed by atoms with E-state index in [-0.39, 0.29) is 0 Å². The Bertz CT molecular complexity index is 1180. The highest BCUT2D eigenvalue weighted by Gasteiger charge is 2.16. The zero-order valence-electron chi connectivity index (χ0n) is 19.4. The molecule has 4 aromatic rings. The maximum absolute atomic E-state index is 6.11. The fourth-order valence-corrected chi connectivity index (χ4v) is 4.07. The zero-order valence-corrected chi connectivity index (χ0v) is 19.4. The summed E-state index contributed by atoms with van der Waals surface area (Å²) in [6, 6.07) is 22.2. The lowest BCUT2D eigenvalue weighted by molar-refractivity contribution is 0.288. The van der Waals surface area contributed by atoms with Gasteiger partial charge in [0, 0.05) is 22.2 Å². The summed E-state index contributed by atoms with van der Waals surface area (Å²) in [4.78, 5) is 3.64. The van der Waals surface area contributed by atoms with E-state index in [9.17, 15) is 0 Å². The number of hydrogen-bond acceptors (Lipinski definition) is 4. The van der Waals surface area contributed by atoms with E-state index < -0.39 is 0 Å². The Morgan fingerprint density at radius 1 is 0.788 bits per heavy atom. The first-order chi connectivity index (χ1) is 16.2. The molecule has 5 nitrogen and oxygen atoms in total. The van der Waals surface area contributed by atoms with E-state index in [1.807, 2.05) is 56.3 Å². The molecular weight excluding hydrogens is 412 g/mol. The second kappa shape index (κ2) is 10.9. The molecule has 0 aliphatic rings. The molecule has 0 saturated carbocycles. The van der Waals surface area contributed by atoms with Crippen LogP contribution in [0.25, 0.3) is 22.2 Å². The minimum absolute atomic E-state index is 0.583. The molecule has 33 heavy (non-hydrogen) atoms. The number of aromatic nitrogens is 1. The van der Waals surface area contributed by atoms with Crippen LogP contribution in [0.1, 0.15) is 32.3 Å². The van der Waals surface area contributed by atoms with Crippen LogP contribution in [0.5, 0.6) is 23.0 Å². The third kappa shape index (κ3) is 5.32. The summed E-state index contributed by atoms with van der Waals surface area (Å²) < 4.78 is 17.7. The van der Waals surface area contributed by atoms with Crippen molar-refractivity contribution >= 4 is 10.9 Å². The number of H-pyrrole nitrogens is 1. The number of para-hydroxylation sites is 1. The van der Waals surface area contributed by atoms with Gasteiger partial charge >= 0.3 is 0 Å². The molecule has 0 saturated heterocycles. The zero-order chi connectivity index (χ0) is 23.0. The molecule has 1 heterocycles. The Balaban J connectivity index is 1.76. The first kappa shape index (κ1) is 22.7. The highest BCUT2D eigenvalue weighted by molar-refractivity contribution is 5.92. The molecule has 3 N–H and O–H groups in total. The number of unbranched alkanes of at least 4 members (excludes halogenated alkanes) is 1. The van der Waals surface area contributed by atoms with Gasteiger partial charge in [-0.3, -0.25) is 0 Å². The van der Waals surface area contributed by atoms with Crippen LogP contribution in [0.3, 0.4) is 0 Å². The molecule has 0 radical (unpaired) electrons. The fraction of sp³-hybridized carbons (Fsp3) is 0.286. The molecule has 0 unspecified atom stereocenters. The monoisotopic (exact) mass is 444 g/mol. The standard InChI is InChI=1S/C28H32N2O3/c1-3-31-26-16-13-20(18-27(26)32-4-2)28-23(12-8-9-17-29)24-19-22(14-15-25(24)30-28)33-21-10-6-5-7-11-21/h5-7,10-11,13-16,18-19,30H,3-4,8-9,12,17,29H2,1-2H3. The third-order valence-electron chi connectivity index (χ3n) is 5.57. The predicted molar refractivity (Wildman–Crippen MR) is 135 cm³/mol. The summed E-state index contributed by atoms with van der Waals surface area (Å²) in [6.45, 7) is 5.83. The van der Waals surface area contributed by atoms with Crippen molar-refractivity contribution in [2.75, 3.05) is 19.8 Å². The Kier molecular flexibility index (Phi) is 7.53. The Hall–Kier alpha value is -3.44. The number of benzene rings is 3. The minimum Gasteiger partial charge on any atom is -0.490 e. The largest absolute Gasteiger partial charge is 0.490 e. The van der Waals surface area contributed by atoms with Gasteiger partial charge in [0.1, 0.15) is 11.5 Å². The van der Waals surface area contributed by atoms with E-state index in [2.05, 4.69) is 29.2 Å². The summed E-state index contributed by atoms with van der Waals surface area (Å²) in [5.74, 6) is 3.17. The van der Waals surface area contributed by atoms with Crippen molar-refractivity contribution in [1.29, 1.82) is 0 Å². The van der Waals surface area contributed by atoms with Crippen molar-refractivity contribution in [3.05, 3.63) is 72.3 Å². The summed E-state index contributed by atoms with van der Waals surface area (Å²) in [7, 11) is 0. The number of aryl methyl sites for hydroxylation is 1. The lowest BCUT2D eigenvalue weighted by atomic mass is 10.00. The molecule has 0 atom stereocenters. The fourth-order valence-electron chi connectivity index (χ4n) is 4.07. The van der Waals surface area contributed by atoms with Crippen LogP contribution in [0.15, 0.2) is 66.7 Å². The molecule has 3 aromatic carbocycles. The van der Waals surface area contributed by atoms with E-state index in [0.29, 0.717) is 19.8 Å². The normalized spacial score (nSPS) is 11.0. The highest BCUT2D eigenvalue weighted by atomic mass is 16.5. The first-order valence-electron chi connectivity index (χ1n) is 11.7. The van der Waals surface area contributed by atoms with Gasteiger partial charge in [0.15, 0.2) is 11.5 Å². The maximum atomic E-state index is 6.11. The quantitative estimate of drug-likeness (QED) is 0.252. The van der Waals surface area contributed by atoms with Gasteiger partial charge in [0.05, 0.1) is 13.2 Å². The molecule has 0 amide bonds. The van der Waals surface area contributed by atoms with E-state index in [0.717, 1.165) is 59.0 Å². The number of fused-ring (bicyclic) bond motifs is 1. The smallest absolute Gasteiger partial charge is 0.161 e. The molecule has 1 aromatic heterocycles. The molecule has 0 bridgehead atoms. The van der Waals surface area contributed by atoms with Crippen molar-refractivity contribution in [3.8, 4) is 34.3 Å². The number of nitrogens with one attached hydrogen (secondary N) is 1. The van der Waals surface area contributed by atoms with Gasteiger partial charge in [-0.25, -0.2) is 0 Å². The molecule has 0 aliphatic heterocycles. The number of hydrogen-bond donors (Lipinski definition) is 2. The van der Waals surface area contributed by atoms with Crippen molar-refractivity contribution < 1.29 is 14.2 Å². The minimum atomic E-state index is 0.583. The number of nitrogens with two attached hydrogens (primary N) is 1. The molecule has 0 spiro atoms. The maximum Gasteiger partial charge on any atom is 0.161 e. The summed E-state index contributed by atoms with van der Waals surface area (Å²) in [5.41, 5.74) is 10.3. The molecule has 172 valence electrons. The van der Waals surface area contributed by atoms with E-state index in [1.165, 1.54) is 10.9 Å². The average Bonchev–Trinajstić information content (AvgIpc) is 3.19. The van der Waals surface area contributed by atoms with Crippen LogP contribution < -0.4 is 19.9 Å². The van der Waals surface area contributed by atoms with Crippen LogP contribution >= 0.6 is 0 Å². The molecule has 0 fully saturated rings. The second-order valence-electron chi connectivity index (χ2n) is 7.87. The van der Waals surface area contributed by atoms with Crippen LogP contribution in [-0.2, 0) is 6.42 Å². The summed E-state index contributed by atoms with van der Waals surface area (Å²) in [6.07, 6.45) is 2.94. The highest BCUT2D eigenvalue weighted by Crippen LogP contribution is 2.38. The summed E-state index contributed by atoms with van der Waals surface area (Å²) in [5, 5.41) is 1.17. The first-order valence-corrected chi connectivity index (χ1v) is 11.7. The van der Waals surface area contributed by atoms with Gasteiger partial charge in [-0.15, -0.1) is 0 Å². The van der Waals surface area contributed by atoms with Crippen molar-refractivity contribution in [2.45, 2.75) is 33.1 Å². The Labute approximate surface area is 195 Å². The van der Waals surface area contributed by atoms with Crippen LogP contribution in [0.2, 0.25) is 0 Å². The van der Waals surface area contributed by atoms with Gasteiger partial charge in [-0.2, -0.15) is 0 Å². The molecule has 0 aliphatic carbocycles. The van der Waals surface area contributed by atoms with Crippen molar-refractivity contribution in [3.63, 3.8) is 0 Å². The molecule has 5 heteroatoms. The SMILES string of the molecule is CCOc1ccc(-c2[nH]c3ccc(Oc4ccccc4)cc3c2CCCCN)cc1OCC. The van der Waals surface area contributed by atoms with Crippen molar-refractivity contribution in [2.24, 2.45) is 5.73 Å². The summed E-state index contributed by atoms with van der Waals surface area (Å²) >= 11 is 0. The van der Waals surface area contributed by atoms with E-state index >= 15 is 0 Å². The lowest BCUT2D eigenvalue weighted by Gasteiger charge is -2.13. The van der Waals surface area contributed by atoms with E-state index in [1.54, 1.807) is 0 Å². The topological polar surface area (TPSA) is 69.5 Å². The number of aromatic amines is 1. The predicted octanol–water partition coefficient (Wildman–Crippen LogP) is 6.71. The number of ether oxygens (including phenoxy) is 3.